The number of furan rings is 1. The number of carbonyl (C=O) groups is 2. The summed E-state index contributed by atoms with van der Waals surface area (Å²) < 4.78 is 5.80. The van der Waals surface area contributed by atoms with Gasteiger partial charge in [-0.1, -0.05) is 54.1 Å². The molecule has 3 aromatic rings. The van der Waals surface area contributed by atoms with Crippen LogP contribution >= 0.6 is 23.4 Å². The lowest BCUT2D eigenvalue weighted by atomic mass is 10.2. The Bertz CT molecular complexity index is 1040. The average Bonchev–Trinajstić information content (AvgIpc) is 3.23. The summed E-state index contributed by atoms with van der Waals surface area (Å²) in [5.74, 6) is 0.907. The van der Waals surface area contributed by atoms with Crippen LogP contribution in [0.15, 0.2) is 76.1 Å². The zero-order valence-corrected chi connectivity index (χ0v) is 15.7. The van der Waals surface area contributed by atoms with Gasteiger partial charge in [0.1, 0.15) is 11.5 Å². The molecule has 0 atom stereocenters. The molecule has 4 nitrogen and oxygen atoms in total. The molecule has 1 aliphatic heterocycles. The Morgan fingerprint density at radius 2 is 1.81 bits per heavy atom. The molecule has 134 valence electrons. The van der Waals surface area contributed by atoms with Crippen LogP contribution in [0.1, 0.15) is 11.3 Å². The zero-order valence-electron chi connectivity index (χ0n) is 14.1. The van der Waals surface area contributed by atoms with Gasteiger partial charge in [0.05, 0.1) is 11.4 Å². The Hall–Kier alpha value is -2.76. The van der Waals surface area contributed by atoms with Gasteiger partial charge in [-0.25, -0.2) is 0 Å². The number of hydrogen-bond acceptors (Lipinski definition) is 4. The summed E-state index contributed by atoms with van der Waals surface area (Å²) in [6, 6.07) is 20.4. The summed E-state index contributed by atoms with van der Waals surface area (Å²) >= 11 is 6.89. The van der Waals surface area contributed by atoms with E-state index in [4.69, 9.17) is 16.0 Å². The fourth-order valence-corrected chi connectivity index (χ4v) is 3.80. The monoisotopic (exact) mass is 395 g/mol. The van der Waals surface area contributed by atoms with E-state index >= 15 is 0 Å². The molecule has 0 saturated carbocycles. The van der Waals surface area contributed by atoms with Crippen molar-refractivity contribution in [1.29, 1.82) is 0 Å². The number of amides is 2. The highest BCUT2D eigenvalue weighted by Gasteiger charge is 2.35. The molecular weight excluding hydrogens is 382 g/mol. The smallest absolute Gasteiger partial charge is 0.293 e. The van der Waals surface area contributed by atoms with Crippen molar-refractivity contribution in [3.63, 3.8) is 0 Å². The average molecular weight is 396 g/mol. The number of carbonyl (C=O) groups excluding carboxylic acids is 2. The second-order valence-electron chi connectivity index (χ2n) is 5.97. The fourth-order valence-electron chi connectivity index (χ4n) is 2.77. The van der Waals surface area contributed by atoms with Crippen molar-refractivity contribution in [2.24, 2.45) is 0 Å². The first-order valence-electron chi connectivity index (χ1n) is 8.25. The van der Waals surface area contributed by atoms with Crippen LogP contribution in [0.2, 0.25) is 5.02 Å². The van der Waals surface area contributed by atoms with Gasteiger partial charge >= 0.3 is 0 Å². The first kappa shape index (κ1) is 17.6. The molecule has 0 N–H and O–H groups in total. The Morgan fingerprint density at radius 1 is 1.00 bits per heavy atom. The largest absolute Gasteiger partial charge is 0.457 e. The van der Waals surface area contributed by atoms with Crippen molar-refractivity contribution in [3.05, 3.63) is 88.0 Å². The van der Waals surface area contributed by atoms with E-state index in [1.54, 1.807) is 30.3 Å². The van der Waals surface area contributed by atoms with Gasteiger partial charge in [-0.05, 0) is 41.6 Å². The fraction of sp³-hybridized carbons (Fsp3) is 0.0476. The molecule has 0 aliphatic carbocycles. The van der Waals surface area contributed by atoms with E-state index in [1.165, 1.54) is 4.90 Å². The van der Waals surface area contributed by atoms with Gasteiger partial charge in [-0.15, -0.1) is 0 Å². The Morgan fingerprint density at radius 3 is 2.59 bits per heavy atom. The molecular formula is C21H14ClNO3S. The summed E-state index contributed by atoms with van der Waals surface area (Å²) in [6.07, 6.45) is 1.61. The van der Waals surface area contributed by atoms with Gasteiger partial charge < -0.3 is 4.42 Å². The highest BCUT2D eigenvalue weighted by Crippen LogP contribution is 2.34. The molecule has 4 rings (SSSR count). The maximum absolute atomic E-state index is 12.6. The molecule has 1 aliphatic rings. The maximum Gasteiger partial charge on any atom is 0.293 e. The van der Waals surface area contributed by atoms with E-state index in [2.05, 4.69) is 0 Å². The maximum atomic E-state index is 12.6. The van der Waals surface area contributed by atoms with Crippen molar-refractivity contribution >= 4 is 40.6 Å². The van der Waals surface area contributed by atoms with E-state index in [0.29, 0.717) is 21.4 Å². The minimum atomic E-state index is -0.331. The summed E-state index contributed by atoms with van der Waals surface area (Å²) in [4.78, 5) is 26.4. The molecule has 27 heavy (non-hydrogen) atoms. The van der Waals surface area contributed by atoms with Gasteiger partial charge in [0.2, 0.25) is 0 Å². The number of rotatable bonds is 4. The Labute approximate surface area is 165 Å². The van der Waals surface area contributed by atoms with Gasteiger partial charge in [0, 0.05) is 16.7 Å². The number of halogens is 1. The van der Waals surface area contributed by atoms with Crippen LogP contribution in [0, 0.1) is 0 Å². The lowest BCUT2D eigenvalue weighted by Crippen LogP contribution is -2.27. The third kappa shape index (κ3) is 3.84. The predicted octanol–water partition coefficient (Wildman–Crippen LogP) is 5.84. The molecule has 0 bridgehead atoms. The second-order valence-corrected chi connectivity index (χ2v) is 7.40. The molecule has 2 amide bonds. The van der Waals surface area contributed by atoms with Crippen LogP contribution in [-0.2, 0) is 11.3 Å². The summed E-state index contributed by atoms with van der Waals surface area (Å²) in [5.41, 5.74) is 1.75. The first-order chi connectivity index (χ1) is 13.1. The number of imide groups is 1. The summed E-state index contributed by atoms with van der Waals surface area (Å²) in [6.45, 7) is 0.190. The number of hydrogen-bond donors (Lipinski definition) is 0. The SMILES string of the molecule is O=C1S/C(=C\c2ccc(-c3ccccc3)o2)C(=O)N1Cc1cccc(Cl)c1. The lowest BCUT2D eigenvalue weighted by Gasteiger charge is -2.12. The van der Waals surface area contributed by atoms with E-state index in [0.717, 1.165) is 22.9 Å². The summed E-state index contributed by atoms with van der Waals surface area (Å²) in [7, 11) is 0. The molecule has 0 radical (unpaired) electrons. The standard InChI is InChI=1S/C21H14ClNO3S/c22-16-8-4-5-14(11-16)13-23-20(24)19(27-21(23)25)12-17-9-10-18(26-17)15-6-2-1-3-7-15/h1-12H,13H2/b19-12-. The number of nitrogens with zero attached hydrogens (tertiary/aromatic N) is 1. The summed E-state index contributed by atoms with van der Waals surface area (Å²) in [5, 5.41) is 0.264. The molecule has 6 heteroatoms. The van der Waals surface area contributed by atoms with E-state index in [9.17, 15) is 9.59 Å². The van der Waals surface area contributed by atoms with Crippen LogP contribution < -0.4 is 0 Å². The zero-order chi connectivity index (χ0) is 18.8. The quantitative estimate of drug-likeness (QED) is 0.521. The molecule has 0 unspecified atom stereocenters. The Kier molecular flexibility index (Phi) is 4.88. The van der Waals surface area contributed by atoms with Gasteiger partial charge in [-0.2, -0.15) is 0 Å². The van der Waals surface area contributed by atoms with Crippen molar-refractivity contribution in [1.82, 2.24) is 4.90 Å². The van der Waals surface area contributed by atoms with Crippen molar-refractivity contribution in [3.8, 4) is 11.3 Å². The molecule has 1 aromatic heterocycles. The first-order valence-corrected chi connectivity index (χ1v) is 9.45. The molecule has 0 spiro atoms. The number of thioether (sulfide) groups is 1. The third-order valence-corrected chi connectivity index (χ3v) is 5.20. The highest BCUT2D eigenvalue weighted by atomic mass is 35.5. The van der Waals surface area contributed by atoms with E-state index in [1.807, 2.05) is 42.5 Å². The number of benzene rings is 2. The lowest BCUT2D eigenvalue weighted by molar-refractivity contribution is -0.123. The van der Waals surface area contributed by atoms with Gasteiger partial charge in [-0.3, -0.25) is 14.5 Å². The predicted molar refractivity (Wildman–Crippen MR) is 107 cm³/mol. The normalized spacial score (nSPS) is 15.7. The molecule has 1 fully saturated rings. The van der Waals surface area contributed by atoms with Crippen LogP contribution in [-0.4, -0.2) is 16.0 Å². The van der Waals surface area contributed by atoms with E-state index in [-0.39, 0.29) is 17.7 Å². The molecule has 2 aromatic carbocycles. The van der Waals surface area contributed by atoms with Crippen molar-refractivity contribution < 1.29 is 14.0 Å². The topological polar surface area (TPSA) is 50.5 Å². The van der Waals surface area contributed by atoms with Crippen LogP contribution in [0.25, 0.3) is 17.4 Å². The van der Waals surface area contributed by atoms with Crippen LogP contribution in [0.5, 0.6) is 0 Å². The van der Waals surface area contributed by atoms with Crippen LogP contribution in [0.3, 0.4) is 0 Å². The van der Waals surface area contributed by atoms with Crippen molar-refractivity contribution in [2.45, 2.75) is 6.54 Å². The van der Waals surface area contributed by atoms with Gasteiger partial charge in [0.15, 0.2) is 0 Å². The molecule has 1 saturated heterocycles. The minimum absolute atomic E-state index is 0.190. The van der Waals surface area contributed by atoms with Crippen molar-refractivity contribution in [2.75, 3.05) is 0 Å². The van der Waals surface area contributed by atoms with Crippen LogP contribution in [0.4, 0.5) is 4.79 Å². The Balaban J connectivity index is 1.54. The third-order valence-electron chi connectivity index (χ3n) is 4.06. The minimum Gasteiger partial charge on any atom is -0.457 e. The second kappa shape index (κ2) is 7.47. The van der Waals surface area contributed by atoms with E-state index < -0.39 is 0 Å². The van der Waals surface area contributed by atoms with Gasteiger partial charge in [0.25, 0.3) is 11.1 Å². The highest BCUT2D eigenvalue weighted by molar-refractivity contribution is 8.18. The molecule has 2 heterocycles.